The third kappa shape index (κ3) is 5.47. The molecule has 2 bridgehead atoms. The second-order valence-corrected chi connectivity index (χ2v) is 13.0. The van der Waals surface area contributed by atoms with Crippen LogP contribution in [0.15, 0.2) is 30.3 Å². The smallest absolute Gasteiger partial charge is 0.338 e. The van der Waals surface area contributed by atoms with Crippen molar-refractivity contribution in [2.45, 2.75) is 109 Å². The van der Waals surface area contributed by atoms with Crippen molar-refractivity contribution < 1.29 is 57.5 Å². The fourth-order valence-corrected chi connectivity index (χ4v) is 7.47. The molecule has 44 heavy (non-hydrogen) atoms. The Kier molecular flexibility index (Phi) is 8.93. The molecule has 12 heteroatoms. The van der Waals surface area contributed by atoms with Crippen molar-refractivity contribution in [2.75, 3.05) is 6.61 Å². The third-order valence-corrected chi connectivity index (χ3v) is 9.16. The number of carbonyl (C=O) groups excluding carboxylic acids is 5. The molecule has 3 aliphatic rings. The molecular formula is C32H42O12. The zero-order chi connectivity index (χ0) is 32.8. The number of hydrogen-bond acceptors (Lipinski definition) is 12. The number of fused-ring (bicyclic) bond motifs is 1. The topological polar surface area (TPSA) is 161 Å². The molecule has 0 radical (unpaired) electrons. The van der Waals surface area contributed by atoms with Gasteiger partial charge in [0.2, 0.25) is 0 Å². The predicted molar refractivity (Wildman–Crippen MR) is 152 cm³/mol. The second-order valence-electron chi connectivity index (χ2n) is 13.0. The van der Waals surface area contributed by atoms with Crippen LogP contribution in [0, 0.1) is 17.3 Å². The Bertz CT molecular complexity index is 1300. The van der Waals surface area contributed by atoms with Crippen LogP contribution in [0.3, 0.4) is 0 Å². The maximum atomic E-state index is 13.7. The van der Waals surface area contributed by atoms with Crippen molar-refractivity contribution in [3.63, 3.8) is 0 Å². The summed E-state index contributed by atoms with van der Waals surface area (Å²) in [5.41, 5.74) is -6.81. The fraction of sp³-hybridized carbons (Fsp3) is 0.656. The van der Waals surface area contributed by atoms with Gasteiger partial charge in [0.25, 0.3) is 0 Å². The minimum absolute atomic E-state index is 0.00879. The van der Waals surface area contributed by atoms with E-state index in [1.807, 2.05) is 0 Å². The van der Waals surface area contributed by atoms with Crippen LogP contribution < -0.4 is 0 Å². The number of esters is 5. The molecule has 8 unspecified atom stereocenters. The highest BCUT2D eigenvalue weighted by molar-refractivity contribution is 5.89. The molecule has 1 saturated heterocycles. The fourth-order valence-electron chi connectivity index (χ4n) is 7.47. The SMILES string of the molecule is CC(=O)OCC12C(OC(=O)c3ccccc3)CC3C(OC(C)=O)C1(OC3(C)C)C(C)(O)CC(OC(C)=O)C2OC(=O)C(C)C. The molecule has 0 aromatic heterocycles. The molecule has 2 aliphatic carbocycles. The van der Waals surface area contributed by atoms with Gasteiger partial charge < -0.3 is 33.5 Å². The second kappa shape index (κ2) is 11.8. The van der Waals surface area contributed by atoms with Gasteiger partial charge in [-0.1, -0.05) is 32.0 Å². The van der Waals surface area contributed by atoms with Gasteiger partial charge >= 0.3 is 29.8 Å². The first-order valence-corrected chi connectivity index (χ1v) is 14.8. The van der Waals surface area contributed by atoms with Gasteiger partial charge in [-0.3, -0.25) is 19.2 Å². The molecule has 1 spiro atoms. The standard InChI is InChI=1S/C32H42O12/c1-17(2)27(36)43-26-23(40-19(4)34)15-30(8,38)32-25(41-20(5)35)22(29(6,7)44-32)14-24(31(26,32)16-39-18(3)33)42-28(37)21-12-10-9-11-13-21/h9-13,17,22-26,38H,14-16H2,1-8H3. The van der Waals surface area contributed by atoms with Crippen molar-refractivity contribution in [3.8, 4) is 0 Å². The van der Waals surface area contributed by atoms with E-state index in [4.69, 9.17) is 28.4 Å². The summed E-state index contributed by atoms with van der Waals surface area (Å²) in [5.74, 6) is -4.84. The number of aliphatic hydroxyl groups is 1. The van der Waals surface area contributed by atoms with Crippen LogP contribution in [0.2, 0.25) is 0 Å². The lowest BCUT2D eigenvalue weighted by molar-refractivity contribution is -0.356. The molecule has 1 aliphatic heterocycles. The number of rotatable bonds is 8. The van der Waals surface area contributed by atoms with Crippen molar-refractivity contribution in [1.29, 1.82) is 0 Å². The summed E-state index contributed by atoms with van der Waals surface area (Å²) in [6.07, 6.45) is -5.54. The highest BCUT2D eigenvalue weighted by Gasteiger charge is 2.86. The van der Waals surface area contributed by atoms with E-state index in [0.717, 1.165) is 0 Å². The lowest BCUT2D eigenvalue weighted by Gasteiger charge is -2.65. The van der Waals surface area contributed by atoms with Crippen LogP contribution >= 0.6 is 0 Å². The molecule has 2 saturated carbocycles. The largest absolute Gasteiger partial charge is 0.465 e. The van der Waals surface area contributed by atoms with Crippen molar-refractivity contribution in [2.24, 2.45) is 17.3 Å². The Balaban J connectivity index is 2.07. The zero-order valence-corrected chi connectivity index (χ0v) is 26.4. The molecule has 1 aromatic rings. The number of hydrogen-bond donors (Lipinski definition) is 1. The van der Waals surface area contributed by atoms with Gasteiger partial charge in [-0.25, -0.2) is 4.79 Å². The van der Waals surface area contributed by atoms with Crippen LogP contribution in [0.1, 0.15) is 78.6 Å². The molecule has 0 amide bonds. The molecule has 1 aromatic carbocycles. The van der Waals surface area contributed by atoms with Gasteiger partial charge in [-0.15, -0.1) is 0 Å². The minimum Gasteiger partial charge on any atom is -0.465 e. The number of benzene rings is 1. The van der Waals surface area contributed by atoms with E-state index in [-0.39, 0.29) is 18.4 Å². The van der Waals surface area contributed by atoms with E-state index in [9.17, 15) is 29.1 Å². The molecular weight excluding hydrogens is 576 g/mol. The molecule has 8 atom stereocenters. The summed E-state index contributed by atoms with van der Waals surface area (Å²) in [6, 6.07) is 8.18. The lowest BCUT2D eigenvalue weighted by atomic mass is 9.46. The maximum absolute atomic E-state index is 13.7. The summed E-state index contributed by atoms with van der Waals surface area (Å²) in [6.45, 7) is 11.1. The van der Waals surface area contributed by atoms with Crippen molar-refractivity contribution >= 4 is 29.8 Å². The van der Waals surface area contributed by atoms with Gasteiger partial charge in [0.05, 0.1) is 22.7 Å². The van der Waals surface area contributed by atoms with Gasteiger partial charge in [-0.05, 0) is 39.3 Å². The molecule has 1 N–H and O–H groups in total. The third-order valence-electron chi connectivity index (χ3n) is 9.16. The van der Waals surface area contributed by atoms with E-state index in [2.05, 4.69) is 0 Å². The average Bonchev–Trinajstić information content (AvgIpc) is 3.07. The Labute approximate surface area is 256 Å². The summed E-state index contributed by atoms with van der Waals surface area (Å²) in [4.78, 5) is 64.5. The van der Waals surface area contributed by atoms with Gasteiger partial charge in [0.1, 0.15) is 30.3 Å². The van der Waals surface area contributed by atoms with Crippen LogP contribution in [-0.4, -0.2) is 82.8 Å². The van der Waals surface area contributed by atoms with Gasteiger partial charge in [-0.2, -0.15) is 0 Å². The number of ether oxygens (including phenoxy) is 6. The number of carbonyl (C=O) groups is 5. The predicted octanol–water partition coefficient (Wildman–Crippen LogP) is 2.91. The summed E-state index contributed by atoms with van der Waals surface area (Å²) >= 11 is 0. The van der Waals surface area contributed by atoms with Gasteiger partial charge in [0.15, 0.2) is 11.7 Å². The van der Waals surface area contributed by atoms with E-state index in [1.54, 1.807) is 58.0 Å². The highest BCUT2D eigenvalue weighted by Crippen LogP contribution is 2.69. The minimum atomic E-state index is -1.99. The van der Waals surface area contributed by atoms with E-state index >= 15 is 0 Å². The Morgan fingerprint density at radius 1 is 0.886 bits per heavy atom. The normalized spacial score (nSPS) is 35.2. The summed E-state index contributed by atoms with van der Waals surface area (Å²) in [5, 5.41) is 12.5. The molecule has 4 rings (SSSR count). The van der Waals surface area contributed by atoms with Crippen LogP contribution in [-0.2, 0) is 47.6 Å². The van der Waals surface area contributed by atoms with Gasteiger partial charge in [0, 0.05) is 33.1 Å². The van der Waals surface area contributed by atoms with Crippen LogP contribution in [0.4, 0.5) is 0 Å². The van der Waals surface area contributed by atoms with Crippen molar-refractivity contribution in [1.82, 2.24) is 0 Å². The average molecular weight is 619 g/mol. The summed E-state index contributed by atoms with van der Waals surface area (Å²) < 4.78 is 36.5. The first-order chi connectivity index (χ1) is 20.4. The monoisotopic (exact) mass is 618 g/mol. The molecule has 242 valence electrons. The first kappa shape index (κ1) is 33.4. The van der Waals surface area contributed by atoms with E-state index < -0.39 is 94.9 Å². The van der Waals surface area contributed by atoms with Crippen molar-refractivity contribution in [3.05, 3.63) is 35.9 Å². The molecule has 1 heterocycles. The Hall–Kier alpha value is -3.51. The van der Waals surface area contributed by atoms with Crippen LogP contribution in [0.25, 0.3) is 0 Å². The maximum Gasteiger partial charge on any atom is 0.338 e. The Morgan fingerprint density at radius 2 is 1.50 bits per heavy atom. The highest BCUT2D eigenvalue weighted by atomic mass is 16.6. The quantitative estimate of drug-likeness (QED) is 0.336. The zero-order valence-electron chi connectivity index (χ0n) is 26.4. The molecule has 3 fully saturated rings. The van der Waals surface area contributed by atoms with E-state index in [0.29, 0.717) is 0 Å². The van der Waals surface area contributed by atoms with Crippen LogP contribution in [0.5, 0.6) is 0 Å². The van der Waals surface area contributed by atoms with E-state index in [1.165, 1.54) is 27.7 Å². The molecule has 12 nitrogen and oxygen atoms in total. The first-order valence-electron chi connectivity index (χ1n) is 14.8. The lowest BCUT2D eigenvalue weighted by Crippen LogP contribution is -2.83. The summed E-state index contributed by atoms with van der Waals surface area (Å²) in [7, 11) is 0. The Morgan fingerprint density at radius 3 is 2.05 bits per heavy atom.